The molecule has 0 amide bonds. The smallest absolute Gasteiger partial charge is 0.457 e. The van der Waals surface area contributed by atoms with E-state index in [2.05, 4.69) is 13.8 Å². The highest BCUT2D eigenvalue weighted by Gasteiger charge is 2.59. The van der Waals surface area contributed by atoms with E-state index >= 15 is 0 Å². The minimum atomic E-state index is -5.53. The van der Waals surface area contributed by atoms with Crippen LogP contribution in [0.3, 0.4) is 0 Å². The molecule has 24 N–H and O–H groups in total. The van der Waals surface area contributed by atoms with Gasteiger partial charge in [0.1, 0.15) is 159 Å². The second-order valence-electron chi connectivity index (χ2n) is 32.3. The SMILES string of the molecule is CCCCCCCCCCCCCCCCCCOC[C@H](COP(=O)(O)O[C@@H]1[C@H](O)[C@H](O)[C@@H](O)[C@H](O)[C@H]1O[C@H]1O[C@H](CO)[C@@H](O[C@H]2O[C@H](CO[C@H]3O[C@H](CO)[C@@H](O)[C@H](O)[C@@H]3O[C@H]3O[C@H](COP(=O)(O)OCCN)[C@@H](O)[C@H](O)[C@@H]3O[C@H]3O[C@H](CO)[C@@H](O)[C@H](O)[C@@H]3O)[C@@H](O)[C@H](O)[C@@H]2O)[C@H](O)[C@H]1N)OC(=O)CCCCCCCCCCCCCCCCC. The van der Waals surface area contributed by atoms with Crippen LogP contribution in [0, 0.1) is 0 Å². The third-order valence-electron chi connectivity index (χ3n) is 22.7. The molecule has 41 nitrogen and oxygen atoms in total. The van der Waals surface area contributed by atoms with E-state index in [1.807, 2.05) is 0 Å². The van der Waals surface area contributed by atoms with Gasteiger partial charge in [-0.3, -0.25) is 22.9 Å². The fraction of sp³-hybridized carbons (Fsp3) is 0.987. The van der Waals surface area contributed by atoms with E-state index in [-0.39, 0.29) is 26.2 Å². The van der Waals surface area contributed by atoms with Crippen molar-refractivity contribution in [1.29, 1.82) is 0 Å². The van der Waals surface area contributed by atoms with Gasteiger partial charge in [-0.2, -0.15) is 0 Å². The van der Waals surface area contributed by atoms with Crippen LogP contribution in [-0.4, -0.2) is 370 Å². The maximum atomic E-state index is 14.0. The molecular weight excluding hydrogens is 1640 g/mol. The molecule has 5 aliphatic heterocycles. The number of aliphatic hydroxyl groups is 18. The van der Waals surface area contributed by atoms with Crippen molar-refractivity contribution in [3.8, 4) is 0 Å². The lowest BCUT2D eigenvalue weighted by Gasteiger charge is -2.49. The van der Waals surface area contributed by atoms with E-state index < -0.39 is 264 Å². The van der Waals surface area contributed by atoms with Crippen LogP contribution in [0.1, 0.15) is 219 Å². The van der Waals surface area contributed by atoms with Crippen LogP contribution >= 0.6 is 15.6 Å². The first-order valence-electron chi connectivity index (χ1n) is 43.4. The van der Waals surface area contributed by atoms with Crippen molar-refractivity contribution in [3.63, 3.8) is 0 Å². The second kappa shape index (κ2) is 56.8. The van der Waals surface area contributed by atoms with Crippen molar-refractivity contribution in [2.45, 2.75) is 416 Å². The number of esters is 1. The summed E-state index contributed by atoms with van der Waals surface area (Å²) in [6, 6.07) is -1.92. The molecular formula is C77H146N2O39P2. The van der Waals surface area contributed by atoms with Crippen LogP contribution in [-0.2, 0) is 88.9 Å². The van der Waals surface area contributed by atoms with Gasteiger partial charge in [-0.1, -0.05) is 200 Å². The third-order valence-corrected chi connectivity index (χ3v) is 24.7. The number of hydrogen-bond donors (Lipinski definition) is 22. The minimum absolute atomic E-state index is 0.0292. The number of unbranched alkanes of at least 4 members (excludes halogenated alkanes) is 29. The molecule has 1 saturated carbocycles. The third kappa shape index (κ3) is 34.4. The zero-order valence-electron chi connectivity index (χ0n) is 69.4. The van der Waals surface area contributed by atoms with E-state index in [0.29, 0.717) is 12.8 Å². The summed E-state index contributed by atoms with van der Waals surface area (Å²) in [5.74, 6) is -0.626. The largest absolute Gasteiger partial charge is 0.472 e. The van der Waals surface area contributed by atoms with Gasteiger partial charge < -0.3 is 170 Å². The molecule has 6 rings (SSSR count). The number of aliphatic hydroxyl groups excluding tert-OH is 18. The molecule has 5 heterocycles. The van der Waals surface area contributed by atoms with Gasteiger partial charge in [0.25, 0.3) is 0 Å². The van der Waals surface area contributed by atoms with Crippen molar-refractivity contribution in [2.24, 2.45) is 11.5 Å². The molecule has 0 spiro atoms. The monoisotopic (exact) mass is 1780 g/mol. The van der Waals surface area contributed by atoms with Gasteiger partial charge >= 0.3 is 21.6 Å². The Hall–Kier alpha value is -1.55. The Kier molecular flexibility index (Phi) is 50.8. The minimum Gasteiger partial charge on any atom is -0.457 e. The van der Waals surface area contributed by atoms with Gasteiger partial charge in [0, 0.05) is 19.6 Å². The zero-order valence-corrected chi connectivity index (χ0v) is 71.2. The molecule has 120 heavy (non-hydrogen) atoms. The number of nitrogens with two attached hydrogens (primary N) is 2. The maximum absolute atomic E-state index is 14.0. The Bertz CT molecular complexity index is 2810. The molecule has 0 bridgehead atoms. The highest BCUT2D eigenvalue weighted by molar-refractivity contribution is 7.47. The number of carbonyl (C=O) groups excluding carboxylic acids is 1. The van der Waals surface area contributed by atoms with Crippen LogP contribution in [0.2, 0.25) is 0 Å². The zero-order chi connectivity index (χ0) is 88.1. The van der Waals surface area contributed by atoms with Crippen molar-refractivity contribution in [1.82, 2.24) is 0 Å². The molecule has 0 radical (unpaired) electrons. The van der Waals surface area contributed by atoms with Crippen LogP contribution in [0.5, 0.6) is 0 Å². The molecule has 708 valence electrons. The summed E-state index contributed by atoms with van der Waals surface area (Å²) < 4.78 is 117. The summed E-state index contributed by atoms with van der Waals surface area (Å²) in [4.78, 5) is 34.9. The molecule has 1 aliphatic carbocycles. The Balaban J connectivity index is 1.09. The highest BCUT2D eigenvalue weighted by Crippen LogP contribution is 2.49. The quantitative estimate of drug-likeness (QED) is 0.0196. The number of hydrogen-bond acceptors (Lipinski definition) is 39. The summed E-state index contributed by atoms with van der Waals surface area (Å²) in [7, 11) is -10.5. The first-order valence-corrected chi connectivity index (χ1v) is 46.4. The van der Waals surface area contributed by atoms with Crippen molar-refractivity contribution in [2.75, 3.05) is 66.0 Å². The maximum Gasteiger partial charge on any atom is 0.472 e. The topological polar surface area (TPSA) is 656 Å². The first-order chi connectivity index (χ1) is 57.4. The van der Waals surface area contributed by atoms with Crippen LogP contribution in [0.25, 0.3) is 0 Å². The van der Waals surface area contributed by atoms with Crippen molar-refractivity contribution >= 4 is 21.6 Å². The van der Waals surface area contributed by atoms with Gasteiger partial charge in [0.05, 0.1) is 58.9 Å². The van der Waals surface area contributed by atoms with Gasteiger partial charge in [-0.05, 0) is 12.8 Å². The number of phosphoric ester groups is 2. The number of rotatable bonds is 61. The predicted octanol–water partition coefficient (Wildman–Crippen LogP) is -1.05. The fourth-order valence-corrected chi connectivity index (χ4v) is 17.0. The molecule has 6 fully saturated rings. The predicted molar refractivity (Wildman–Crippen MR) is 419 cm³/mol. The van der Waals surface area contributed by atoms with Crippen LogP contribution in [0.4, 0.5) is 0 Å². The van der Waals surface area contributed by atoms with E-state index in [9.17, 15) is 116 Å². The Morgan fingerprint density at radius 1 is 0.350 bits per heavy atom. The van der Waals surface area contributed by atoms with Gasteiger partial charge in [0.15, 0.2) is 31.5 Å². The van der Waals surface area contributed by atoms with Crippen LogP contribution < -0.4 is 11.5 Å². The molecule has 0 aromatic rings. The number of phosphoric acid groups is 2. The Morgan fingerprint density at radius 2 is 0.717 bits per heavy atom. The summed E-state index contributed by atoms with van der Waals surface area (Å²) in [6.45, 7) is -2.38. The lowest BCUT2D eigenvalue weighted by atomic mass is 9.84. The average Bonchev–Trinajstić information content (AvgIpc) is 0.766. The summed E-state index contributed by atoms with van der Waals surface area (Å²) in [5.41, 5.74) is 11.8. The average molecular weight is 1790 g/mol. The first kappa shape index (κ1) is 107. The van der Waals surface area contributed by atoms with Crippen molar-refractivity contribution < 1.29 is 191 Å². The van der Waals surface area contributed by atoms with Crippen molar-refractivity contribution in [3.05, 3.63) is 0 Å². The van der Waals surface area contributed by atoms with Crippen LogP contribution in [0.15, 0.2) is 0 Å². The van der Waals surface area contributed by atoms with Gasteiger partial charge in [0.2, 0.25) is 0 Å². The normalized spacial score (nSPS) is 37.0. The molecule has 0 aromatic carbocycles. The van der Waals surface area contributed by atoms with Gasteiger partial charge in [-0.25, -0.2) is 9.13 Å². The number of carbonyl (C=O) groups is 1. The number of ether oxygens (including phenoxy) is 12. The molecule has 0 aromatic heterocycles. The fourth-order valence-electron chi connectivity index (χ4n) is 15.3. The molecule has 5 saturated heterocycles. The summed E-state index contributed by atoms with van der Waals surface area (Å²) in [6.07, 6.45) is -29.4. The standard InChI is InChI=1S/C77H146N2O39P2/c1-3-5-7-9-11-13-15-17-19-21-23-25-27-29-31-33-36-103-41-45(108-51(83)34-32-30-28-26-24-22-20-18-16-14-12-10-8-6-4-2)42-106-120(101,102)118-70-65(96)61(92)60(91)64(95)69(70)115-73-52(79)57(88)68(48(40-82)111-73)114-75-67(98)59(90)55(86)49(112-75)43-104-76-71(62(93)54(85)47(39-81)110-76)117-77-72(116-74-66(97)58(89)53(84)46(38-80)109-74)63(94)56(87)50(113-77)44-107-119(99,100)105-37-35-78/h45-50,52-77,80-82,84-98H,3-44,78-79H2,1-2H3,(H,99,100)(H,101,102)/t45-,46-,47-,48-,49-,50-,52-,53-,54-,55-,56-,57-,58+,59+,60-,61-,62+,63+,64+,65-,66+,67+,68-,69-,70-,71+,72+,73-,74-,75-,76+,77-/m1/s1. The molecule has 43 heteroatoms. The lowest BCUT2D eigenvalue weighted by Crippen LogP contribution is -2.69. The molecule has 2 unspecified atom stereocenters. The summed E-state index contributed by atoms with van der Waals surface area (Å²) >= 11 is 0. The molecule has 6 aliphatic rings. The Morgan fingerprint density at radius 3 is 1.21 bits per heavy atom. The second-order valence-corrected chi connectivity index (χ2v) is 35.2. The molecule has 34 atom stereocenters. The van der Waals surface area contributed by atoms with E-state index in [4.69, 9.17) is 86.4 Å². The highest BCUT2D eigenvalue weighted by atomic mass is 31.2. The van der Waals surface area contributed by atoms with Gasteiger partial charge in [-0.15, -0.1) is 0 Å². The van der Waals surface area contributed by atoms with E-state index in [1.54, 1.807) is 0 Å². The van der Waals surface area contributed by atoms with E-state index in [0.717, 1.165) is 57.8 Å². The lowest BCUT2D eigenvalue weighted by molar-refractivity contribution is -0.396. The summed E-state index contributed by atoms with van der Waals surface area (Å²) in [5, 5.41) is 199. The van der Waals surface area contributed by atoms with E-state index in [1.165, 1.54) is 128 Å². The Labute approximate surface area is 702 Å².